The monoisotopic (exact) mass is 210 g/mol. The van der Waals surface area contributed by atoms with Crippen molar-refractivity contribution in [2.24, 2.45) is 5.92 Å². The van der Waals surface area contributed by atoms with Gasteiger partial charge in [0.2, 0.25) is 0 Å². The maximum Gasteiger partial charge on any atom is 0.0281 e. The van der Waals surface area contributed by atoms with Crippen molar-refractivity contribution in [2.75, 3.05) is 19.6 Å². The Balaban J connectivity index is 2.00. The molecule has 2 saturated heterocycles. The van der Waals surface area contributed by atoms with Gasteiger partial charge in [-0.3, -0.25) is 9.80 Å². The second-order valence-electron chi connectivity index (χ2n) is 7.23. The Labute approximate surface area is 94.6 Å². The summed E-state index contributed by atoms with van der Waals surface area (Å²) in [6.07, 6.45) is 0. The van der Waals surface area contributed by atoms with Crippen molar-refractivity contribution in [1.29, 1.82) is 0 Å². The first-order valence-corrected chi connectivity index (χ1v) is 6.21. The van der Waals surface area contributed by atoms with Crippen LogP contribution in [0.2, 0.25) is 0 Å². The van der Waals surface area contributed by atoms with E-state index in [1.165, 1.54) is 19.6 Å². The molecule has 0 aromatic heterocycles. The lowest BCUT2D eigenvalue weighted by Gasteiger charge is -2.51. The Bertz CT molecular complexity index is 234. The van der Waals surface area contributed by atoms with E-state index in [0.717, 1.165) is 12.0 Å². The molecule has 0 spiro atoms. The highest BCUT2D eigenvalue weighted by Crippen LogP contribution is 2.39. The van der Waals surface area contributed by atoms with Gasteiger partial charge in [-0.2, -0.15) is 0 Å². The maximum atomic E-state index is 2.67. The second kappa shape index (κ2) is 3.21. The van der Waals surface area contributed by atoms with Gasteiger partial charge in [0.1, 0.15) is 0 Å². The Hall–Kier alpha value is -0.0800. The van der Waals surface area contributed by atoms with Gasteiger partial charge < -0.3 is 0 Å². The van der Waals surface area contributed by atoms with E-state index in [2.05, 4.69) is 51.3 Å². The smallest absolute Gasteiger partial charge is 0.0281 e. The summed E-state index contributed by atoms with van der Waals surface area (Å²) >= 11 is 0. The minimum absolute atomic E-state index is 0.348. The van der Waals surface area contributed by atoms with E-state index in [-0.39, 0.29) is 0 Å². The molecule has 0 amide bonds. The van der Waals surface area contributed by atoms with Crippen LogP contribution in [0.25, 0.3) is 0 Å². The van der Waals surface area contributed by atoms with Gasteiger partial charge in [0.15, 0.2) is 0 Å². The first kappa shape index (κ1) is 11.4. The third-order valence-corrected chi connectivity index (χ3v) is 4.05. The Morgan fingerprint density at radius 3 is 1.87 bits per heavy atom. The summed E-state index contributed by atoms with van der Waals surface area (Å²) in [4.78, 5) is 5.32. The number of rotatable bonds is 0. The van der Waals surface area contributed by atoms with Gasteiger partial charge in [-0.05, 0) is 41.5 Å². The Morgan fingerprint density at radius 2 is 1.40 bits per heavy atom. The van der Waals surface area contributed by atoms with Crippen LogP contribution >= 0.6 is 0 Å². The highest BCUT2D eigenvalue weighted by Gasteiger charge is 2.50. The topological polar surface area (TPSA) is 6.48 Å². The Kier molecular flexibility index (Phi) is 2.44. The maximum absolute atomic E-state index is 2.67. The number of fused-ring (bicyclic) bond motifs is 1. The average Bonchev–Trinajstić information content (AvgIpc) is 2.24. The zero-order valence-electron chi connectivity index (χ0n) is 11.2. The van der Waals surface area contributed by atoms with Gasteiger partial charge in [-0.1, -0.05) is 0 Å². The second-order valence-corrected chi connectivity index (χ2v) is 7.23. The predicted molar refractivity (Wildman–Crippen MR) is 65.1 cm³/mol. The SMILES string of the molecule is CC(C)(C)N1C[C@@H]2CN(C(C)(C)C)[C@@H]2C1. The van der Waals surface area contributed by atoms with E-state index in [1.54, 1.807) is 0 Å². The molecule has 2 aliphatic heterocycles. The van der Waals surface area contributed by atoms with Crippen molar-refractivity contribution in [3.63, 3.8) is 0 Å². The Morgan fingerprint density at radius 1 is 0.800 bits per heavy atom. The first-order chi connectivity index (χ1) is 6.69. The van der Waals surface area contributed by atoms with Gasteiger partial charge in [-0.25, -0.2) is 0 Å². The van der Waals surface area contributed by atoms with Crippen LogP contribution in [0.5, 0.6) is 0 Å². The molecule has 0 aromatic rings. The summed E-state index contributed by atoms with van der Waals surface area (Å²) in [5.41, 5.74) is 0.704. The van der Waals surface area contributed by atoms with Crippen LogP contribution in [0.15, 0.2) is 0 Å². The summed E-state index contributed by atoms with van der Waals surface area (Å²) in [5.74, 6) is 0.934. The molecule has 15 heavy (non-hydrogen) atoms. The van der Waals surface area contributed by atoms with Crippen LogP contribution in [0.4, 0.5) is 0 Å². The molecule has 2 fully saturated rings. The summed E-state index contributed by atoms with van der Waals surface area (Å²) in [7, 11) is 0. The fourth-order valence-corrected chi connectivity index (χ4v) is 2.96. The van der Waals surface area contributed by atoms with Gasteiger partial charge >= 0.3 is 0 Å². The number of likely N-dealkylation sites (tertiary alicyclic amines) is 2. The molecule has 0 unspecified atom stereocenters. The molecule has 0 radical (unpaired) electrons. The summed E-state index contributed by atoms with van der Waals surface area (Å²) in [6, 6.07) is 0.823. The molecule has 0 aromatic carbocycles. The standard InChI is InChI=1S/C13H26N2/c1-12(2,3)14-7-10-8-15(11(10)9-14)13(4,5)6/h10-11H,7-9H2,1-6H3/t10-,11-/m1/s1. The molecule has 0 bridgehead atoms. The third kappa shape index (κ3) is 1.94. The van der Waals surface area contributed by atoms with E-state index >= 15 is 0 Å². The highest BCUT2D eigenvalue weighted by molar-refractivity contribution is 5.06. The summed E-state index contributed by atoms with van der Waals surface area (Å²) in [5, 5.41) is 0. The van der Waals surface area contributed by atoms with Crippen LogP contribution in [-0.2, 0) is 0 Å². The molecule has 0 N–H and O–H groups in total. The fraction of sp³-hybridized carbons (Fsp3) is 1.00. The quantitative estimate of drug-likeness (QED) is 0.605. The third-order valence-electron chi connectivity index (χ3n) is 4.05. The molecule has 2 nitrogen and oxygen atoms in total. The summed E-state index contributed by atoms with van der Waals surface area (Å²) < 4.78 is 0. The zero-order valence-corrected chi connectivity index (χ0v) is 11.2. The molecular formula is C13H26N2. The van der Waals surface area contributed by atoms with Crippen LogP contribution in [0, 0.1) is 5.92 Å². The molecule has 2 aliphatic rings. The molecule has 0 aliphatic carbocycles. The van der Waals surface area contributed by atoms with Crippen LogP contribution < -0.4 is 0 Å². The zero-order chi connectivity index (χ0) is 11.4. The minimum Gasteiger partial charge on any atom is -0.297 e. The van der Waals surface area contributed by atoms with Crippen molar-refractivity contribution in [1.82, 2.24) is 9.80 Å². The molecule has 2 heteroatoms. The number of hydrogen-bond acceptors (Lipinski definition) is 2. The van der Waals surface area contributed by atoms with Gasteiger partial charge in [-0.15, -0.1) is 0 Å². The normalized spacial score (nSPS) is 34.0. The molecule has 2 heterocycles. The van der Waals surface area contributed by atoms with Gasteiger partial charge in [0, 0.05) is 42.7 Å². The van der Waals surface area contributed by atoms with E-state index < -0.39 is 0 Å². The van der Waals surface area contributed by atoms with Crippen LogP contribution in [0.1, 0.15) is 41.5 Å². The average molecular weight is 210 g/mol. The van der Waals surface area contributed by atoms with Crippen molar-refractivity contribution in [2.45, 2.75) is 58.7 Å². The molecule has 2 rings (SSSR count). The first-order valence-electron chi connectivity index (χ1n) is 6.21. The highest BCUT2D eigenvalue weighted by atomic mass is 15.4. The van der Waals surface area contributed by atoms with Crippen molar-refractivity contribution in [3.8, 4) is 0 Å². The van der Waals surface area contributed by atoms with Crippen LogP contribution in [-0.4, -0.2) is 46.6 Å². The van der Waals surface area contributed by atoms with E-state index in [9.17, 15) is 0 Å². The van der Waals surface area contributed by atoms with Crippen molar-refractivity contribution < 1.29 is 0 Å². The fourth-order valence-electron chi connectivity index (χ4n) is 2.96. The van der Waals surface area contributed by atoms with Crippen LogP contribution in [0.3, 0.4) is 0 Å². The van der Waals surface area contributed by atoms with Crippen molar-refractivity contribution >= 4 is 0 Å². The van der Waals surface area contributed by atoms with Gasteiger partial charge in [0.05, 0.1) is 0 Å². The lowest BCUT2D eigenvalue weighted by atomic mass is 9.86. The summed E-state index contributed by atoms with van der Waals surface area (Å²) in [6.45, 7) is 17.9. The number of nitrogens with zero attached hydrogens (tertiary/aromatic N) is 2. The van der Waals surface area contributed by atoms with Gasteiger partial charge in [0.25, 0.3) is 0 Å². The lowest BCUT2D eigenvalue weighted by molar-refractivity contribution is -0.0270. The predicted octanol–water partition coefficient (Wildman–Crippen LogP) is 2.20. The number of hydrogen-bond donors (Lipinski definition) is 0. The van der Waals surface area contributed by atoms with E-state index in [0.29, 0.717) is 11.1 Å². The molecule has 0 saturated carbocycles. The van der Waals surface area contributed by atoms with E-state index in [4.69, 9.17) is 0 Å². The molecule has 88 valence electrons. The van der Waals surface area contributed by atoms with E-state index in [1.807, 2.05) is 0 Å². The van der Waals surface area contributed by atoms with Crippen molar-refractivity contribution in [3.05, 3.63) is 0 Å². The molecular weight excluding hydrogens is 184 g/mol. The minimum atomic E-state index is 0.348. The largest absolute Gasteiger partial charge is 0.297 e. The molecule has 2 atom stereocenters. The lowest BCUT2D eigenvalue weighted by Crippen LogP contribution is -2.62.